The van der Waals surface area contributed by atoms with E-state index in [0.717, 1.165) is 26.1 Å². The van der Waals surface area contributed by atoms with Crippen molar-refractivity contribution in [1.29, 1.82) is 0 Å². The molecule has 0 amide bonds. The Morgan fingerprint density at radius 3 is 1.76 bits per heavy atom. The predicted molar refractivity (Wildman–Crippen MR) is 169 cm³/mol. The molecular weight excluding hydrogens is 673 g/mol. The van der Waals surface area contributed by atoms with Crippen LogP contribution >= 0.6 is 0 Å². The molecule has 3 rings (SSSR count). The zero-order chi connectivity index (χ0) is 35.7. The van der Waals surface area contributed by atoms with Crippen LogP contribution in [0.25, 0.3) is 0 Å². The average Bonchev–Trinajstić information content (AvgIpc) is 3.73. The van der Waals surface area contributed by atoms with Crippen LogP contribution in [-0.2, 0) is 55.8 Å². The van der Waals surface area contributed by atoms with Gasteiger partial charge in [-0.1, -0.05) is 5.21 Å². The molecule has 1 atom stereocenters. The van der Waals surface area contributed by atoms with Crippen molar-refractivity contribution in [1.82, 2.24) is 19.9 Å². The number of rotatable bonds is 30. The van der Waals surface area contributed by atoms with E-state index < -0.39 is 29.2 Å². The van der Waals surface area contributed by atoms with Crippen LogP contribution in [0.15, 0.2) is 18.3 Å². The van der Waals surface area contributed by atoms with Crippen molar-refractivity contribution in [3.63, 3.8) is 0 Å². The zero-order valence-corrected chi connectivity index (χ0v) is 28.3. The smallest absolute Gasteiger partial charge is 0.313 e. The number of nitrogens with zero attached hydrogens (tertiary/aromatic N) is 4. The molecule has 1 aromatic heterocycles. The maximum Gasteiger partial charge on any atom is 0.313 e. The van der Waals surface area contributed by atoms with Crippen molar-refractivity contribution in [2.75, 3.05) is 119 Å². The van der Waals surface area contributed by atoms with Crippen molar-refractivity contribution in [3.05, 3.63) is 41.5 Å². The van der Waals surface area contributed by atoms with Crippen LogP contribution in [0, 0.1) is 17.5 Å². The molecular formula is C32H49F3N4O11. The summed E-state index contributed by atoms with van der Waals surface area (Å²) in [7, 11) is 0. The van der Waals surface area contributed by atoms with Gasteiger partial charge in [0, 0.05) is 31.8 Å². The van der Waals surface area contributed by atoms with E-state index in [2.05, 4.69) is 19.9 Å². The van der Waals surface area contributed by atoms with Gasteiger partial charge in [0.05, 0.1) is 131 Å². The Hall–Kier alpha value is -2.78. The highest BCUT2D eigenvalue weighted by molar-refractivity contribution is 5.72. The first kappa shape index (κ1) is 41.6. The van der Waals surface area contributed by atoms with E-state index in [-0.39, 0.29) is 32.3 Å². The lowest BCUT2D eigenvalue weighted by molar-refractivity contribution is -0.136. The number of ether oxygens (including phenoxy) is 9. The van der Waals surface area contributed by atoms with Crippen LogP contribution in [0.5, 0.6) is 5.75 Å². The summed E-state index contributed by atoms with van der Waals surface area (Å²) in [5.41, 5.74) is 0.709. The Balaban J connectivity index is 1.01. The number of β-amino-alcohol motifs (C(OH)–C–C–N with tert-alkyl or cyclic N) is 1. The van der Waals surface area contributed by atoms with Gasteiger partial charge in [0.25, 0.3) is 0 Å². The van der Waals surface area contributed by atoms with Gasteiger partial charge in [-0.3, -0.25) is 9.69 Å². The second-order valence-electron chi connectivity index (χ2n) is 11.0. The topological polar surface area (TPSA) is 154 Å². The van der Waals surface area contributed by atoms with Crippen LogP contribution in [0.3, 0.4) is 0 Å². The molecule has 1 fully saturated rings. The summed E-state index contributed by atoms with van der Waals surface area (Å²) in [4.78, 5) is 13.9. The number of carbonyl (C=O) groups is 1. The SMILES string of the molecule is O=C(CCOCCOCCOCCOCCn1cc(COCCOCCOCCOCCN2CC[C@@H](O)C2)nn1)Oc1c(F)cc(F)cc1F. The number of hydrogen-bond acceptors (Lipinski definition) is 14. The maximum absolute atomic E-state index is 13.5. The third kappa shape index (κ3) is 19.0. The van der Waals surface area contributed by atoms with Gasteiger partial charge in [-0.15, -0.1) is 5.10 Å². The molecule has 2 heterocycles. The van der Waals surface area contributed by atoms with Gasteiger partial charge in [0.2, 0.25) is 5.75 Å². The number of halogens is 3. The highest BCUT2D eigenvalue weighted by atomic mass is 19.1. The normalized spacial score (nSPS) is 14.9. The Labute approximate surface area is 289 Å². The van der Waals surface area contributed by atoms with E-state index in [0.29, 0.717) is 110 Å². The van der Waals surface area contributed by atoms with Crippen LogP contribution < -0.4 is 4.74 Å². The fourth-order valence-corrected chi connectivity index (χ4v) is 4.43. The van der Waals surface area contributed by atoms with Gasteiger partial charge in [-0.05, 0) is 6.42 Å². The minimum Gasteiger partial charge on any atom is -0.420 e. The highest BCUT2D eigenvalue weighted by Gasteiger charge is 2.19. The number of likely N-dealkylation sites (tertiary alicyclic amines) is 1. The molecule has 1 aliphatic rings. The number of carbonyl (C=O) groups excluding carboxylic acids is 1. The van der Waals surface area contributed by atoms with Crippen molar-refractivity contribution >= 4 is 5.97 Å². The lowest BCUT2D eigenvalue weighted by atomic mass is 10.3. The molecule has 2 aromatic rings. The fraction of sp³-hybridized carbons (Fsp3) is 0.719. The van der Waals surface area contributed by atoms with Gasteiger partial charge in [-0.25, -0.2) is 17.9 Å². The number of esters is 1. The molecule has 0 saturated carbocycles. The molecule has 284 valence electrons. The zero-order valence-electron chi connectivity index (χ0n) is 28.3. The van der Waals surface area contributed by atoms with Gasteiger partial charge >= 0.3 is 5.97 Å². The summed E-state index contributed by atoms with van der Waals surface area (Å²) in [6.45, 7) is 9.21. The van der Waals surface area contributed by atoms with E-state index in [4.69, 9.17) is 37.9 Å². The Morgan fingerprint density at radius 1 is 0.720 bits per heavy atom. The molecule has 0 radical (unpaired) electrons. The number of aliphatic hydroxyl groups is 1. The first-order chi connectivity index (χ1) is 24.4. The van der Waals surface area contributed by atoms with Gasteiger partial charge < -0.3 is 47.7 Å². The van der Waals surface area contributed by atoms with Crippen LogP contribution in [0.1, 0.15) is 18.5 Å². The van der Waals surface area contributed by atoms with Crippen molar-refractivity contribution in [3.8, 4) is 5.75 Å². The summed E-state index contributed by atoms with van der Waals surface area (Å²) in [6.07, 6.45) is 2.19. The van der Waals surface area contributed by atoms with Crippen LogP contribution in [0.2, 0.25) is 0 Å². The fourth-order valence-electron chi connectivity index (χ4n) is 4.43. The molecule has 1 aromatic carbocycles. The number of hydrogen-bond donors (Lipinski definition) is 1. The molecule has 1 aliphatic heterocycles. The first-order valence-electron chi connectivity index (χ1n) is 16.7. The van der Waals surface area contributed by atoms with Gasteiger partial charge in [-0.2, -0.15) is 0 Å². The molecule has 0 spiro atoms. The third-order valence-electron chi connectivity index (χ3n) is 6.96. The standard InChI is InChI=1S/C32H49F3N4O11/c33-26-21-29(34)32(30(35)22-26)50-31(41)2-6-42-9-12-45-15-16-47-14-11-44-8-5-39-23-27(36-37-39)25-49-20-19-48-18-17-46-13-10-43-7-4-38-3-1-28(40)24-38/h21-23,28,40H,1-20,24-25H2/t28-/m1/s1. The Bertz CT molecular complexity index is 1180. The first-order valence-corrected chi connectivity index (χ1v) is 16.7. The minimum atomic E-state index is -1.30. The second-order valence-corrected chi connectivity index (χ2v) is 11.0. The Morgan fingerprint density at radius 2 is 1.22 bits per heavy atom. The molecule has 1 saturated heterocycles. The largest absolute Gasteiger partial charge is 0.420 e. The summed E-state index contributed by atoms with van der Waals surface area (Å²) in [5, 5.41) is 17.6. The van der Waals surface area contributed by atoms with E-state index >= 15 is 0 Å². The molecule has 1 N–H and O–H groups in total. The van der Waals surface area contributed by atoms with Gasteiger partial charge in [0.15, 0.2) is 11.6 Å². The number of aromatic nitrogens is 3. The highest BCUT2D eigenvalue weighted by Crippen LogP contribution is 2.23. The molecule has 18 heteroatoms. The third-order valence-corrected chi connectivity index (χ3v) is 6.96. The maximum atomic E-state index is 13.5. The molecule has 0 unspecified atom stereocenters. The molecule has 0 bridgehead atoms. The van der Waals surface area contributed by atoms with E-state index in [9.17, 15) is 23.1 Å². The minimum absolute atomic E-state index is 0.0389. The monoisotopic (exact) mass is 722 g/mol. The lowest BCUT2D eigenvalue weighted by Gasteiger charge is -2.14. The molecule has 50 heavy (non-hydrogen) atoms. The quantitative estimate of drug-likeness (QED) is 0.0702. The average molecular weight is 723 g/mol. The van der Waals surface area contributed by atoms with Crippen molar-refractivity contribution < 1.29 is 65.7 Å². The van der Waals surface area contributed by atoms with Crippen molar-refractivity contribution in [2.45, 2.75) is 32.1 Å². The Kier molecular flexibility index (Phi) is 21.7. The van der Waals surface area contributed by atoms with E-state index in [1.54, 1.807) is 10.9 Å². The summed E-state index contributed by atoms with van der Waals surface area (Å²) in [6, 6.07) is 0.850. The molecule has 0 aliphatic carbocycles. The summed E-state index contributed by atoms with van der Waals surface area (Å²) < 4.78 is 89.9. The summed E-state index contributed by atoms with van der Waals surface area (Å²) in [5.74, 6) is -5.57. The van der Waals surface area contributed by atoms with E-state index in [1.807, 2.05) is 0 Å². The van der Waals surface area contributed by atoms with Crippen LogP contribution in [0.4, 0.5) is 13.2 Å². The predicted octanol–water partition coefficient (Wildman–Crippen LogP) is 1.39. The van der Waals surface area contributed by atoms with E-state index in [1.165, 1.54) is 0 Å². The molecule has 15 nitrogen and oxygen atoms in total. The van der Waals surface area contributed by atoms with Gasteiger partial charge in [0.1, 0.15) is 11.5 Å². The number of benzene rings is 1. The van der Waals surface area contributed by atoms with Crippen LogP contribution in [-0.4, -0.2) is 156 Å². The summed E-state index contributed by atoms with van der Waals surface area (Å²) >= 11 is 0. The van der Waals surface area contributed by atoms with Crippen molar-refractivity contribution in [2.24, 2.45) is 0 Å². The number of aliphatic hydroxyl groups excluding tert-OH is 1. The lowest BCUT2D eigenvalue weighted by Crippen LogP contribution is -2.26. The second kappa shape index (κ2) is 26.1.